The molecule has 1 aromatic rings. The zero-order chi connectivity index (χ0) is 15.1. The molecule has 0 spiro atoms. The van der Waals surface area contributed by atoms with E-state index in [-0.39, 0.29) is 17.8 Å². The molecule has 1 aliphatic rings. The first-order valence-corrected chi connectivity index (χ1v) is 7.54. The number of amides is 1. The molecule has 0 radical (unpaired) electrons. The first kappa shape index (κ1) is 15.5. The van der Waals surface area contributed by atoms with Crippen LogP contribution in [0, 0.1) is 5.92 Å². The molecule has 0 aromatic carbocycles. The van der Waals surface area contributed by atoms with Gasteiger partial charge in [-0.25, -0.2) is 0 Å². The van der Waals surface area contributed by atoms with E-state index >= 15 is 0 Å². The number of carbonyl (C=O) groups excluding carboxylic acids is 2. The maximum Gasteiger partial charge on any atom is 0.310 e. The molecule has 5 heteroatoms. The Morgan fingerprint density at radius 1 is 1.48 bits per heavy atom. The van der Waals surface area contributed by atoms with E-state index in [4.69, 9.17) is 4.74 Å². The molecule has 114 valence electrons. The van der Waals surface area contributed by atoms with Gasteiger partial charge >= 0.3 is 5.97 Å². The Kier molecular flexibility index (Phi) is 5.72. The Bertz CT molecular complexity index is 476. The van der Waals surface area contributed by atoms with Crippen LogP contribution >= 0.6 is 0 Å². The molecular weight excluding hydrogens is 268 g/mol. The molecule has 1 atom stereocenters. The van der Waals surface area contributed by atoms with Gasteiger partial charge in [-0.15, -0.1) is 0 Å². The molecule has 1 aliphatic heterocycles. The fourth-order valence-corrected chi connectivity index (χ4v) is 2.61. The van der Waals surface area contributed by atoms with E-state index in [1.54, 1.807) is 24.2 Å². The van der Waals surface area contributed by atoms with E-state index in [9.17, 15) is 9.59 Å². The summed E-state index contributed by atoms with van der Waals surface area (Å²) in [5, 5.41) is 0. The van der Waals surface area contributed by atoms with E-state index in [0.29, 0.717) is 26.0 Å². The molecule has 0 saturated carbocycles. The van der Waals surface area contributed by atoms with E-state index in [0.717, 1.165) is 24.9 Å². The minimum Gasteiger partial charge on any atom is -0.466 e. The summed E-state index contributed by atoms with van der Waals surface area (Å²) in [6.07, 6.45) is 6.33. The molecule has 1 unspecified atom stereocenters. The summed E-state index contributed by atoms with van der Waals surface area (Å²) < 4.78 is 5.05. The summed E-state index contributed by atoms with van der Waals surface area (Å²) >= 11 is 0. The molecule has 1 amide bonds. The summed E-state index contributed by atoms with van der Waals surface area (Å²) in [6, 6.07) is 3.84. The largest absolute Gasteiger partial charge is 0.466 e. The van der Waals surface area contributed by atoms with Crippen LogP contribution in [0.15, 0.2) is 24.5 Å². The topological polar surface area (TPSA) is 59.5 Å². The van der Waals surface area contributed by atoms with Gasteiger partial charge in [-0.2, -0.15) is 0 Å². The Hall–Kier alpha value is -1.91. The molecule has 1 fully saturated rings. The molecule has 21 heavy (non-hydrogen) atoms. The summed E-state index contributed by atoms with van der Waals surface area (Å²) in [5.74, 6) is -0.240. The molecule has 5 nitrogen and oxygen atoms in total. The lowest BCUT2D eigenvalue weighted by Gasteiger charge is -2.31. The summed E-state index contributed by atoms with van der Waals surface area (Å²) in [5.41, 5.74) is 1.06. The van der Waals surface area contributed by atoms with Gasteiger partial charge in [0.05, 0.1) is 12.5 Å². The van der Waals surface area contributed by atoms with Gasteiger partial charge in [0.1, 0.15) is 0 Å². The van der Waals surface area contributed by atoms with Crippen LogP contribution in [0.25, 0.3) is 0 Å². The molecule has 1 saturated heterocycles. The summed E-state index contributed by atoms with van der Waals surface area (Å²) in [6.45, 7) is 3.42. The predicted molar refractivity (Wildman–Crippen MR) is 78.5 cm³/mol. The van der Waals surface area contributed by atoms with Crippen LogP contribution in [0.5, 0.6) is 0 Å². The summed E-state index contributed by atoms with van der Waals surface area (Å²) in [4.78, 5) is 29.9. The van der Waals surface area contributed by atoms with Crippen molar-refractivity contribution in [1.29, 1.82) is 0 Å². The van der Waals surface area contributed by atoms with Crippen molar-refractivity contribution in [1.82, 2.24) is 9.88 Å². The van der Waals surface area contributed by atoms with Crippen LogP contribution < -0.4 is 0 Å². The third-order valence-corrected chi connectivity index (χ3v) is 3.74. The summed E-state index contributed by atoms with van der Waals surface area (Å²) in [7, 11) is 0. The molecule has 2 rings (SSSR count). The van der Waals surface area contributed by atoms with Crippen molar-refractivity contribution in [3.63, 3.8) is 0 Å². The van der Waals surface area contributed by atoms with Crippen molar-refractivity contribution in [2.75, 3.05) is 19.7 Å². The van der Waals surface area contributed by atoms with Gasteiger partial charge in [-0.3, -0.25) is 14.6 Å². The lowest BCUT2D eigenvalue weighted by atomic mass is 9.97. The zero-order valence-corrected chi connectivity index (χ0v) is 12.5. The number of hydrogen-bond acceptors (Lipinski definition) is 4. The lowest BCUT2D eigenvalue weighted by molar-refractivity contribution is -0.151. The smallest absolute Gasteiger partial charge is 0.310 e. The Balaban J connectivity index is 1.83. The van der Waals surface area contributed by atoms with Gasteiger partial charge < -0.3 is 9.64 Å². The van der Waals surface area contributed by atoms with E-state index in [1.165, 1.54) is 0 Å². The first-order chi connectivity index (χ1) is 10.2. The number of piperidine rings is 1. The van der Waals surface area contributed by atoms with Gasteiger partial charge in [0.2, 0.25) is 5.91 Å². The number of ether oxygens (including phenoxy) is 1. The highest BCUT2D eigenvalue weighted by molar-refractivity contribution is 5.78. The van der Waals surface area contributed by atoms with Crippen LogP contribution in [-0.2, 0) is 20.7 Å². The zero-order valence-electron chi connectivity index (χ0n) is 12.5. The number of pyridine rings is 1. The van der Waals surface area contributed by atoms with Crippen molar-refractivity contribution in [2.45, 2.75) is 32.6 Å². The van der Waals surface area contributed by atoms with Gasteiger partial charge in [-0.1, -0.05) is 6.07 Å². The van der Waals surface area contributed by atoms with Crippen molar-refractivity contribution in [3.05, 3.63) is 30.1 Å². The highest BCUT2D eigenvalue weighted by Gasteiger charge is 2.28. The number of carbonyl (C=O) groups is 2. The number of hydrogen-bond donors (Lipinski definition) is 0. The van der Waals surface area contributed by atoms with Crippen LogP contribution in [-0.4, -0.2) is 41.5 Å². The van der Waals surface area contributed by atoms with Crippen molar-refractivity contribution in [3.8, 4) is 0 Å². The lowest BCUT2D eigenvalue weighted by Crippen LogP contribution is -2.42. The normalized spacial score (nSPS) is 18.3. The third-order valence-electron chi connectivity index (χ3n) is 3.74. The van der Waals surface area contributed by atoms with Crippen LogP contribution in [0.4, 0.5) is 0 Å². The van der Waals surface area contributed by atoms with E-state index < -0.39 is 0 Å². The fourth-order valence-electron chi connectivity index (χ4n) is 2.61. The van der Waals surface area contributed by atoms with Gasteiger partial charge in [0.15, 0.2) is 0 Å². The second kappa shape index (κ2) is 7.76. The Morgan fingerprint density at radius 2 is 2.33 bits per heavy atom. The Morgan fingerprint density at radius 3 is 3.05 bits per heavy atom. The van der Waals surface area contributed by atoms with Crippen LogP contribution in [0.2, 0.25) is 0 Å². The molecule has 0 aliphatic carbocycles. The monoisotopic (exact) mass is 290 g/mol. The minimum absolute atomic E-state index is 0.104. The molecule has 2 heterocycles. The standard InChI is InChI=1S/C16H22N2O3/c1-2-21-16(20)14-6-4-10-18(12-14)15(19)8-7-13-5-3-9-17-11-13/h3,5,9,11,14H,2,4,6-8,10,12H2,1H3. The van der Waals surface area contributed by atoms with Crippen molar-refractivity contribution in [2.24, 2.45) is 5.92 Å². The first-order valence-electron chi connectivity index (χ1n) is 7.54. The quantitative estimate of drug-likeness (QED) is 0.776. The van der Waals surface area contributed by atoms with Crippen molar-refractivity contribution < 1.29 is 14.3 Å². The van der Waals surface area contributed by atoms with Crippen molar-refractivity contribution >= 4 is 11.9 Å². The number of likely N-dealkylation sites (tertiary alicyclic amines) is 1. The van der Waals surface area contributed by atoms with Gasteiger partial charge in [0.25, 0.3) is 0 Å². The molecule has 0 bridgehead atoms. The molecule has 0 N–H and O–H groups in total. The number of aromatic nitrogens is 1. The minimum atomic E-state index is -0.178. The number of esters is 1. The van der Waals surface area contributed by atoms with E-state index in [2.05, 4.69) is 4.98 Å². The average Bonchev–Trinajstić information content (AvgIpc) is 2.54. The van der Waals surface area contributed by atoms with E-state index in [1.807, 2.05) is 12.1 Å². The fraction of sp³-hybridized carbons (Fsp3) is 0.562. The third kappa shape index (κ3) is 4.55. The molecule has 1 aromatic heterocycles. The molecular formula is C16H22N2O3. The Labute approximate surface area is 125 Å². The predicted octanol–water partition coefficient (Wildman–Crippen LogP) is 1.82. The van der Waals surface area contributed by atoms with Gasteiger partial charge in [-0.05, 0) is 37.8 Å². The maximum absolute atomic E-state index is 12.3. The number of nitrogens with zero attached hydrogens (tertiary/aromatic N) is 2. The maximum atomic E-state index is 12.3. The number of aryl methyl sites for hydroxylation is 1. The second-order valence-electron chi connectivity index (χ2n) is 5.29. The van der Waals surface area contributed by atoms with Crippen LogP contribution in [0.3, 0.4) is 0 Å². The SMILES string of the molecule is CCOC(=O)C1CCCN(C(=O)CCc2cccnc2)C1. The highest BCUT2D eigenvalue weighted by Crippen LogP contribution is 2.19. The highest BCUT2D eigenvalue weighted by atomic mass is 16.5. The van der Waals surface area contributed by atoms with Gasteiger partial charge in [0, 0.05) is 31.9 Å². The second-order valence-corrected chi connectivity index (χ2v) is 5.29. The average molecular weight is 290 g/mol. The van der Waals surface area contributed by atoms with Crippen LogP contribution in [0.1, 0.15) is 31.7 Å². The number of rotatable bonds is 5.